The predicted octanol–water partition coefficient (Wildman–Crippen LogP) is 3.48. The van der Waals surface area contributed by atoms with E-state index in [-0.39, 0.29) is 0 Å². The van der Waals surface area contributed by atoms with Gasteiger partial charge in [0.1, 0.15) is 0 Å². The van der Waals surface area contributed by atoms with Crippen molar-refractivity contribution >= 4 is 11.8 Å². The molecule has 3 fully saturated rings. The van der Waals surface area contributed by atoms with Gasteiger partial charge in [-0.25, -0.2) is 0 Å². The van der Waals surface area contributed by atoms with Crippen LogP contribution in [0.4, 0.5) is 0 Å². The number of nitrogens with one attached hydrogen (secondary N) is 1. The number of thioether (sulfide) groups is 1. The van der Waals surface area contributed by atoms with Gasteiger partial charge in [0.2, 0.25) is 0 Å². The Morgan fingerprint density at radius 1 is 1.29 bits per heavy atom. The molecule has 2 heteroatoms. The van der Waals surface area contributed by atoms with Crippen molar-refractivity contribution in [1.29, 1.82) is 0 Å². The van der Waals surface area contributed by atoms with Gasteiger partial charge in [0.05, 0.1) is 0 Å². The highest BCUT2D eigenvalue weighted by Crippen LogP contribution is 2.59. The lowest BCUT2D eigenvalue weighted by atomic mass is 9.52. The van der Waals surface area contributed by atoms with E-state index < -0.39 is 0 Å². The maximum Gasteiger partial charge on any atom is 0.0321 e. The standard InChI is InChI=1S/C15H21NS/c1-2-6-15-7-8-16-13(11(15)4-1)10-14-12(15)5-3-9-17-14/h3,5,9,11,13-14,16H,1-2,4,6-8,10H2/t11-,13+,14?,15+/m0/s1. The van der Waals surface area contributed by atoms with E-state index in [9.17, 15) is 0 Å². The first kappa shape index (κ1) is 10.7. The maximum atomic E-state index is 3.81. The summed E-state index contributed by atoms with van der Waals surface area (Å²) in [6.45, 7) is 1.25. The van der Waals surface area contributed by atoms with Crippen LogP contribution >= 0.6 is 11.8 Å². The summed E-state index contributed by atoms with van der Waals surface area (Å²) in [6.07, 6.45) is 13.4. The molecule has 92 valence electrons. The topological polar surface area (TPSA) is 12.0 Å². The summed E-state index contributed by atoms with van der Waals surface area (Å²) in [7, 11) is 0. The molecule has 17 heavy (non-hydrogen) atoms. The normalized spacial score (nSPS) is 48.0. The first-order chi connectivity index (χ1) is 8.40. The average molecular weight is 247 g/mol. The molecule has 2 aliphatic heterocycles. The summed E-state index contributed by atoms with van der Waals surface area (Å²) in [5, 5.41) is 6.89. The van der Waals surface area contributed by atoms with Gasteiger partial charge in [-0.05, 0) is 49.0 Å². The van der Waals surface area contributed by atoms with Crippen LogP contribution in [0.2, 0.25) is 0 Å². The Labute approximate surface area is 108 Å². The third kappa shape index (κ3) is 1.43. The van der Waals surface area contributed by atoms with Crippen LogP contribution in [0.25, 0.3) is 0 Å². The molecular formula is C15H21NS. The quantitative estimate of drug-likeness (QED) is 0.703. The van der Waals surface area contributed by atoms with Crippen LogP contribution in [0.3, 0.4) is 0 Å². The molecule has 4 atom stereocenters. The molecule has 2 aliphatic carbocycles. The van der Waals surface area contributed by atoms with Crippen molar-refractivity contribution in [2.24, 2.45) is 11.3 Å². The van der Waals surface area contributed by atoms with Gasteiger partial charge < -0.3 is 5.32 Å². The molecule has 1 nitrogen and oxygen atoms in total. The van der Waals surface area contributed by atoms with Crippen molar-refractivity contribution in [3.8, 4) is 0 Å². The fourth-order valence-electron chi connectivity index (χ4n) is 4.90. The van der Waals surface area contributed by atoms with Gasteiger partial charge in [-0.1, -0.05) is 30.6 Å². The van der Waals surface area contributed by atoms with Crippen LogP contribution in [0, 0.1) is 11.3 Å². The lowest BCUT2D eigenvalue weighted by Gasteiger charge is -2.58. The number of hydrogen-bond donors (Lipinski definition) is 1. The molecule has 2 heterocycles. The molecule has 4 aliphatic rings. The van der Waals surface area contributed by atoms with Crippen LogP contribution in [-0.2, 0) is 0 Å². The highest BCUT2D eigenvalue weighted by Gasteiger charge is 2.54. The number of fused-ring (bicyclic) bond motifs is 1. The average Bonchev–Trinajstić information content (AvgIpc) is 2.39. The van der Waals surface area contributed by atoms with Gasteiger partial charge in [0.25, 0.3) is 0 Å². The van der Waals surface area contributed by atoms with E-state index in [1.807, 2.05) is 5.57 Å². The summed E-state index contributed by atoms with van der Waals surface area (Å²) in [5.74, 6) is 0.944. The second-order valence-electron chi connectivity index (χ2n) is 6.13. The van der Waals surface area contributed by atoms with Gasteiger partial charge in [0.15, 0.2) is 0 Å². The van der Waals surface area contributed by atoms with Gasteiger partial charge in [-0.15, -0.1) is 11.8 Å². The zero-order chi connectivity index (χ0) is 11.3. The number of hydrogen-bond acceptors (Lipinski definition) is 2. The smallest absolute Gasteiger partial charge is 0.0321 e. The number of piperidine rings is 1. The molecule has 1 N–H and O–H groups in total. The minimum absolute atomic E-state index is 0.592. The third-order valence-electron chi connectivity index (χ3n) is 5.55. The van der Waals surface area contributed by atoms with E-state index in [1.54, 1.807) is 0 Å². The van der Waals surface area contributed by atoms with Crippen molar-refractivity contribution in [2.75, 3.05) is 6.54 Å². The first-order valence-electron chi connectivity index (χ1n) is 7.16. The fourth-order valence-corrected chi connectivity index (χ4v) is 6.04. The van der Waals surface area contributed by atoms with E-state index in [4.69, 9.17) is 0 Å². The summed E-state index contributed by atoms with van der Waals surface area (Å²) >= 11 is 2.07. The lowest BCUT2D eigenvalue weighted by Crippen LogP contribution is -2.59. The summed E-state index contributed by atoms with van der Waals surface area (Å²) < 4.78 is 0. The van der Waals surface area contributed by atoms with Crippen molar-refractivity contribution in [1.82, 2.24) is 5.32 Å². The minimum Gasteiger partial charge on any atom is -0.314 e. The highest BCUT2D eigenvalue weighted by molar-refractivity contribution is 8.03. The molecule has 2 bridgehead atoms. The van der Waals surface area contributed by atoms with Crippen LogP contribution in [0.15, 0.2) is 23.1 Å². The Kier molecular flexibility index (Phi) is 2.45. The second kappa shape index (κ2) is 3.89. The van der Waals surface area contributed by atoms with Crippen molar-refractivity contribution in [3.05, 3.63) is 23.1 Å². The van der Waals surface area contributed by atoms with E-state index in [1.165, 1.54) is 45.1 Å². The van der Waals surface area contributed by atoms with E-state index in [0.717, 1.165) is 17.2 Å². The van der Waals surface area contributed by atoms with Crippen LogP contribution < -0.4 is 5.32 Å². The monoisotopic (exact) mass is 247 g/mol. The molecule has 0 aromatic rings. The number of allylic oxidation sites excluding steroid dienone is 2. The second-order valence-corrected chi connectivity index (χ2v) is 7.24. The summed E-state index contributed by atoms with van der Waals surface area (Å²) in [6, 6.07) is 0.810. The van der Waals surface area contributed by atoms with Crippen LogP contribution in [0.5, 0.6) is 0 Å². The molecule has 0 spiro atoms. The minimum atomic E-state index is 0.592. The molecule has 0 radical (unpaired) electrons. The van der Waals surface area contributed by atoms with Crippen LogP contribution in [-0.4, -0.2) is 17.8 Å². The molecule has 0 amide bonds. The Balaban J connectivity index is 1.81. The number of rotatable bonds is 0. The maximum absolute atomic E-state index is 3.81. The SMILES string of the molecule is C1=CSC2C[C@H]3NCC[C@@]4(CCCC[C@@H]34)C2=C1. The van der Waals surface area contributed by atoms with E-state index in [0.29, 0.717) is 5.41 Å². The van der Waals surface area contributed by atoms with Crippen LogP contribution in [0.1, 0.15) is 38.5 Å². The summed E-state index contributed by atoms with van der Waals surface area (Å²) in [5.41, 5.74) is 2.40. The largest absolute Gasteiger partial charge is 0.314 e. The highest BCUT2D eigenvalue weighted by atomic mass is 32.2. The Morgan fingerprint density at radius 3 is 3.29 bits per heavy atom. The molecule has 0 aromatic carbocycles. The first-order valence-corrected chi connectivity index (χ1v) is 8.10. The van der Waals surface area contributed by atoms with Crippen molar-refractivity contribution < 1.29 is 0 Å². The summed E-state index contributed by atoms with van der Waals surface area (Å²) in [4.78, 5) is 0. The Bertz CT molecular complexity index is 382. The van der Waals surface area contributed by atoms with Gasteiger partial charge in [-0.3, -0.25) is 0 Å². The third-order valence-corrected chi connectivity index (χ3v) is 6.64. The Hall–Kier alpha value is -0.210. The Morgan fingerprint density at radius 2 is 2.29 bits per heavy atom. The van der Waals surface area contributed by atoms with Crippen molar-refractivity contribution in [3.63, 3.8) is 0 Å². The van der Waals surface area contributed by atoms with E-state index in [2.05, 4.69) is 34.6 Å². The molecule has 2 saturated carbocycles. The zero-order valence-corrected chi connectivity index (χ0v) is 11.1. The van der Waals surface area contributed by atoms with E-state index >= 15 is 0 Å². The van der Waals surface area contributed by atoms with Gasteiger partial charge >= 0.3 is 0 Å². The fraction of sp³-hybridized carbons (Fsp3) is 0.733. The zero-order valence-electron chi connectivity index (χ0n) is 10.3. The molecule has 1 saturated heterocycles. The molecule has 4 rings (SSSR count). The molecule has 0 aromatic heterocycles. The molecule has 1 unspecified atom stereocenters. The van der Waals surface area contributed by atoms with Gasteiger partial charge in [0, 0.05) is 11.3 Å². The van der Waals surface area contributed by atoms with Gasteiger partial charge in [-0.2, -0.15) is 0 Å². The predicted molar refractivity (Wildman–Crippen MR) is 74.0 cm³/mol. The molecular weight excluding hydrogens is 226 g/mol. The van der Waals surface area contributed by atoms with Crippen molar-refractivity contribution in [2.45, 2.75) is 49.8 Å². The lowest BCUT2D eigenvalue weighted by molar-refractivity contribution is 0.0309.